The van der Waals surface area contributed by atoms with Crippen LogP contribution in [0.5, 0.6) is 0 Å². The number of rotatable bonds is 4. The third-order valence-electron chi connectivity index (χ3n) is 3.98. The molecule has 0 bridgehead atoms. The highest BCUT2D eigenvalue weighted by molar-refractivity contribution is 6.12. The van der Waals surface area contributed by atoms with Gasteiger partial charge in [0.15, 0.2) is 6.29 Å². The number of carbonyl (C=O) groups excluding carboxylic acids is 1. The monoisotopic (exact) mass is 259 g/mol. The molecule has 4 heteroatoms. The molecule has 1 atom stereocenters. The predicted octanol–water partition coefficient (Wildman–Crippen LogP) is 2.77. The summed E-state index contributed by atoms with van der Waals surface area (Å²) >= 11 is 0. The third kappa shape index (κ3) is 1.87. The highest BCUT2D eigenvalue weighted by Gasteiger charge is 2.42. The van der Waals surface area contributed by atoms with Crippen LogP contribution in [0.15, 0.2) is 23.2 Å². The van der Waals surface area contributed by atoms with Crippen LogP contribution in [0.3, 0.4) is 0 Å². The van der Waals surface area contributed by atoms with Crippen molar-refractivity contribution in [1.82, 2.24) is 0 Å². The summed E-state index contributed by atoms with van der Waals surface area (Å²) in [4.78, 5) is 16.4. The summed E-state index contributed by atoms with van der Waals surface area (Å²) in [6.45, 7) is 6.08. The van der Waals surface area contributed by atoms with Crippen molar-refractivity contribution in [2.24, 2.45) is 10.8 Å². The number of hydrogen-bond acceptors (Lipinski definition) is 4. The van der Waals surface area contributed by atoms with Gasteiger partial charge in [0, 0.05) is 0 Å². The number of hydrazine groups is 1. The number of para-hydroxylation sites is 1. The van der Waals surface area contributed by atoms with Gasteiger partial charge in [-0.05, 0) is 30.9 Å². The van der Waals surface area contributed by atoms with Gasteiger partial charge in [0.05, 0.1) is 17.1 Å². The fourth-order valence-corrected chi connectivity index (χ4v) is 2.74. The highest BCUT2D eigenvalue weighted by Crippen LogP contribution is 2.40. The molecular weight excluding hydrogens is 238 g/mol. The molecule has 0 spiro atoms. The molecule has 0 amide bonds. The number of hydrogen-bond donors (Lipinski definition) is 1. The molecule has 1 aromatic rings. The number of aliphatic imine (C=N–C) groups is 1. The minimum atomic E-state index is -0.798. The van der Waals surface area contributed by atoms with E-state index in [0.717, 1.165) is 41.8 Å². The SMILES string of the molecule is CCC1=Nc2c(CC)cccc2N(N)C1(C=O)CC. The van der Waals surface area contributed by atoms with Crippen molar-refractivity contribution < 1.29 is 4.79 Å². The Hall–Kier alpha value is -1.68. The van der Waals surface area contributed by atoms with E-state index in [0.29, 0.717) is 6.42 Å². The van der Waals surface area contributed by atoms with Crippen LogP contribution in [0.4, 0.5) is 11.4 Å². The van der Waals surface area contributed by atoms with Gasteiger partial charge >= 0.3 is 0 Å². The maximum Gasteiger partial charge on any atom is 0.152 e. The van der Waals surface area contributed by atoms with Gasteiger partial charge in [0.25, 0.3) is 0 Å². The summed E-state index contributed by atoms with van der Waals surface area (Å²) in [7, 11) is 0. The predicted molar refractivity (Wildman–Crippen MR) is 79.0 cm³/mol. The van der Waals surface area contributed by atoms with E-state index in [4.69, 9.17) is 10.8 Å². The fourth-order valence-electron chi connectivity index (χ4n) is 2.74. The van der Waals surface area contributed by atoms with Gasteiger partial charge in [-0.15, -0.1) is 0 Å². The molecule has 1 unspecified atom stereocenters. The molecule has 0 radical (unpaired) electrons. The van der Waals surface area contributed by atoms with Crippen molar-refractivity contribution in [1.29, 1.82) is 0 Å². The number of nitrogens with two attached hydrogens (primary N) is 1. The van der Waals surface area contributed by atoms with Gasteiger partial charge < -0.3 is 4.79 Å². The molecule has 0 aliphatic carbocycles. The second-order valence-corrected chi connectivity index (χ2v) is 4.82. The quantitative estimate of drug-likeness (QED) is 0.668. The number of nitrogens with zero attached hydrogens (tertiary/aromatic N) is 2. The normalized spacial score (nSPS) is 21.9. The van der Waals surface area contributed by atoms with Crippen molar-refractivity contribution in [3.05, 3.63) is 23.8 Å². The van der Waals surface area contributed by atoms with Crippen LogP contribution >= 0.6 is 0 Å². The molecule has 0 fully saturated rings. The van der Waals surface area contributed by atoms with Crippen LogP contribution in [-0.2, 0) is 11.2 Å². The van der Waals surface area contributed by atoms with E-state index >= 15 is 0 Å². The Morgan fingerprint density at radius 1 is 1.32 bits per heavy atom. The first-order valence-electron chi connectivity index (χ1n) is 6.85. The van der Waals surface area contributed by atoms with Gasteiger partial charge in [-0.3, -0.25) is 10.0 Å². The van der Waals surface area contributed by atoms with Gasteiger partial charge in [-0.25, -0.2) is 5.84 Å². The van der Waals surface area contributed by atoms with E-state index in [-0.39, 0.29) is 0 Å². The summed E-state index contributed by atoms with van der Waals surface area (Å²) in [6.07, 6.45) is 3.17. The van der Waals surface area contributed by atoms with Gasteiger partial charge in [-0.1, -0.05) is 32.9 Å². The minimum absolute atomic E-state index is 0.621. The van der Waals surface area contributed by atoms with Crippen molar-refractivity contribution in [3.8, 4) is 0 Å². The zero-order chi connectivity index (χ0) is 14.0. The van der Waals surface area contributed by atoms with Gasteiger partial charge in [0.1, 0.15) is 5.54 Å². The number of benzene rings is 1. The zero-order valence-corrected chi connectivity index (χ0v) is 11.8. The molecule has 2 rings (SSSR count). The van der Waals surface area contributed by atoms with E-state index in [1.807, 2.05) is 26.0 Å². The zero-order valence-electron chi connectivity index (χ0n) is 11.8. The third-order valence-corrected chi connectivity index (χ3v) is 3.98. The van der Waals surface area contributed by atoms with Crippen LogP contribution < -0.4 is 10.9 Å². The molecule has 0 aromatic heterocycles. The molecule has 1 aliphatic rings. The molecule has 0 saturated heterocycles. The largest absolute Gasteiger partial charge is 0.300 e. The minimum Gasteiger partial charge on any atom is -0.300 e. The summed E-state index contributed by atoms with van der Waals surface area (Å²) < 4.78 is 0. The molecular formula is C15H21N3O. The highest BCUT2D eigenvalue weighted by atomic mass is 16.1. The molecule has 1 heterocycles. The smallest absolute Gasteiger partial charge is 0.152 e. The topological polar surface area (TPSA) is 58.7 Å². The molecule has 0 saturated carbocycles. The maximum atomic E-state index is 11.7. The van der Waals surface area contributed by atoms with Crippen LogP contribution in [0, 0.1) is 0 Å². The molecule has 102 valence electrons. The van der Waals surface area contributed by atoms with Crippen LogP contribution in [-0.4, -0.2) is 17.5 Å². The van der Waals surface area contributed by atoms with Crippen LogP contribution in [0.1, 0.15) is 39.2 Å². The lowest BCUT2D eigenvalue weighted by molar-refractivity contribution is -0.110. The number of fused-ring (bicyclic) bond motifs is 1. The summed E-state index contributed by atoms with van der Waals surface area (Å²) in [5.74, 6) is 6.26. The first-order valence-corrected chi connectivity index (χ1v) is 6.85. The van der Waals surface area contributed by atoms with Crippen LogP contribution in [0.25, 0.3) is 0 Å². The van der Waals surface area contributed by atoms with Gasteiger partial charge in [0.2, 0.25) is 0 Å². The lowest BCUT2D eigenvalue weighted by Gasteiger charge is -2.42. The second kappa shape index (κ2) is 5.13. The number of anilines is 1. The maximum absolute atomic E-state index is 11.7. The molecule has 2 N–H and O–H groups in total. The van der Waals surface area contributed by atoms with Crippen LogP contribution in [0.2, 0.25) is 0 Å². The van der Waals surface area contributed by atoms with Crippen molar-refractivity contribution >= 4 is 23.4 Å². The summed E-state index contributed by atoms with van der Waals surface area (Å²) in [5, 5.41) is 1.60. The Morgan fingerprint density at radius 3 is 2.58 bits per heavy atom. The van der Waals surface area contributed by atoms with Gasteiger partial charge in [-0.2, -0.15) is 0 Å². The lowest BCUT2D eigenvalue weighted by Crippen LogP contribution is -2.60. The van der Waals surface area contributed by atoms with Crippen molar-refractivity contribution in [2.75, 3.05) is 5.01 Å². The van der Waals surface area contributed by atoms with E-state index < -0.39 is 5.54 Å². The Labute approximate surface area is 114 Å². The number of aryl methyl sites for hydroxylation is 1. The Balaban J connectivity index is 2.70. The average molecular weight is 259 g/mol. The molecule has 19 heavy (non-hydrogen) atoms. The molecule has 1 aliphatic heterocycles. The Morgan fingerprint density at radius 2 is 2.05 bits per heavy atom. The first-order chi connectivity index (χ1) is 9.14. The average Bonchev–Trinajstić information content (AvgIpc) is 2.47. The fraction of sp³-hybridized carbons (Fsp3) is 0.467. The lowest BCUT2D eigenvalue weighted by atomic mass is 9.86. The first kappa shape index (κ1) is 13.7. The van der Waals surface area contributed by atoms with E-state index in [9.17, 15) is 4.79 Å². The summed E-state index contributed by atoms with van der Waals surface area (Å²) in [6, 6.07) is 5.96. The Kier molecular flexibility index (Phi) is 3.71. The second-order valence-electron chi connectivity index (χ2n) is 4.82. The van der Waals surface area contributed by atoms with E-state index in [1.54, 1.807) is 5.01 Å². The van der Waals surface area contributed by atoms with E-state index in [1.165, 1.54) is 0 Å². The Bertz CT molecular complexity index is 524. The number of aldehydes is 1. The number of carbonyl (C=O) groups is 1. The standard InChI is InChI=1S/C15H21N3O/c1-4-11-8-7-9-12-14(11)17-13(5-2)15(6-3,10-19)18(12)16/h7-10H,4-6,16H2,1-3H3. The molecule has 1 aromatic carbocycles. The van der Waals surface area contributed by atoms with Crippen molar-refractivity contribution in [3.63, 3.8) is 0 Å². The molecule has 4 nitrogen and oxygen atoms in total. The van der Waals surface area contributed by atoms with E-state index in [2.05, 4.69) is 13.0 Å². The summed E-state index contributed by atoms with van der Waals surface area (Å²) in [5.41, 5.74) is 2.96. The van der Waals surface area contributed by atoms with Crippen molar-refractivity contribution in [2.45, 2.75) is 45.6 Å².